The number of pyridine rings is 1. The zero-order valence-corrected chi connectivity index (χ0v) is 26.2. The van der Waals surface area contributed by atoms with Crippen LogP contribution >= 0.6 is 0 Å². The Kier molecular flexibility index (Phi) is 8.38. The van der Waals surface area contributed by atoms with Crippen LogP contribution in [0.15, 0.2) is 30.5 Å². The average molecular weight is 605 g/mol. The largest absolute Gasteiger partial charge is 0.389 e. The number of hydrogen-bond acceptors (Lipinski definition) is 8. The Balaban J connectivity index is 1.16. The van der Waals surface area contributed by atoms with Gasteiger partial charge in [-0.2, -0.15) is 0 Å². The van der Waals surface area contributed by atoms with Crippen LogP contribution in [0.4, 0.5) is 20.5 Å². The minimum absolute atomic E-state index is 0.0143. The van der Waals surface area contributed by atoms with Gasteiger partial charge < -0.3 is 19.9 Å². The van der Waals surface area contributed by atoms with Crippen LogP contribution in [0.25, 0.3) is 22.3 Å². The SMILES string of the molecule is Cc1nc2c(F)cc(-c3nc(Nc4ccc5c(n4)CCN(C4CCN(CC(C)(C)O)CC4)C5)ncc3F)cc2n1CC(C)C. The molecule has 2 N–H and O–H groups in total. The summed E-state index contributed by atoms with van der Waals surface area (Å²) in [5, 5.41) is 13.3. The second kappa shape index (κ2) is 12.1. The molecule has 234 valence electrons. The maximum Gasteiger partial charge on any atom is 0.229 e. The monoisotopic (exact) mass is 604 g/mol. The topological polar surface area (TPSA) is 95.2 Å². The lowest BCUT2D eigenvalue weighted by molar-refractivity contribution is 0.0155. The number of imidazole rings is 1. The Morgan fingerprint density at radius 2 is 1.82 bits per heavy atom. The molecule has 0 unspecified atom stereocenters. The van der Waals surface area contributed by atoms with E-state index in [9.17, 15) is 5.11 Å². The van der Waals surface area contributed by atoms with Crippen molar-refractivity contribution in [1.82, 2.24) is 34.3 Å². The molecule has 3 aromatic heterocycles. The van der Waals surface area contributed by atoms with Gasteiger partial charge in [0.25, 0.3) is 0 Å². The molecule has 5 heterocycles. The van der Waals surface area contributed by atoms with E-state index >= 15 is 8.78 Å². The van der Waals surface area contributed by atoms with Crippen LogP contribution in [0.5, 0.6) is 0 Å². The molecule has 4 aromatic rings. The van der Waals surface area contributed by atoms with Crippen LogP contribution in [0, 0.1) is 24.5 Å². The second-order valence-electron chi connectivity index (χ2n) is 13.3. The third-order valence-electron chi connectivity index (χ3n) is 8.57. The molecule has 2 aliphatic heterocycles. The predicted molar refractivity (Wildman–Crippen MR) is 168 cm³/mol. The molecule has 0 spiro atoms. The van der Waals surface area contributed by atoms with E-state index in [4.69, 9.17) is 4.98 Å². The zero-order chi connectivity index (χ0) is 31.2. The van der Waals surface area contributed by atoms with Crippen molar-refractivity contribution in [3.8, 4) is 11.3 Å². The molecule has 11 heteroatoms. The van der Waals surface area contributed by atoms with Crippen molar-refractivity contribution >= 4 is 22.8 Å². The first-order valence-electron chi connectivity index (χ1n) is 15.6. The highest BCUT2D eigenvalue weighted by atomic mass is 19.1. The Bertz CT molecular complexity index is 1660. The third-order valence-corrected chi connectivity index (χ3v) is 8.57. The zero-order valence-electron chi connectivity index (χ0n) is 26.2. The minimum Gasteiger partial charge on any atom is -0.389 e. The van der Waals surface area contributed by atoms with Crippen LogP contribution in [-0.2, 0) is 19.5 Å². The van der Waals surface area contributed by atoms with Crippen molar-refractivity contribution in [2.45, 2.75) is 78.6 Å². The Labute approximate surface area is 257 Å². The summed E-state index contributed by atoms with van der Waals surface area (Å²) in [6, 6.07) is 7.55. The first kappa shape index (κ1) is 30.5. The number of likely N-dealkylation sites (tertiary alicyclic amines) is 1. The molecule has 0 bridgehead atoms. The van der Waals surface area contributed by atoms with Crippen molar-refractivity contribution in [3.05, 3.63) is 59.2 Å². The van der Waals surface area contributed by atoms with Gasteiger partial charge in [0, 0.05) is 49.9 Å². The lowest BCUT2D eigenvalue weighted by Gasteiger charge is -2.41. The van der Waals surface area contributed by atoms with E-state index in [1.165, 1.54) is 11.6 Å². The first-order valence-corrected chi connectivity index (χ1v) is 15.6. The Morgan fingerprint density at radius 3 is 2.55 bits per heavy atom. The number of rotatable bonds is 8. The van der Waals surface area contributed by atoms with Crippen LogP contribution in [0.2, 0.25) is 0 Å². The normalized spacial score (nSPS) is 17.0. The van der Waals surface area contributed by atoms with E-state index in [2.05, 4.69) is 50.0 Å². The number of benzene rings is 1. The van der Waals surface area contributed by atoms with Crippen LogP contribution in [-0.4, -0.2) is 77.2 Å². The number of nitrogens with zero attached hydrogens (tertiary/aromatic N) is 7. The standard InChI is InChI=1S/C33H42F2N8O/c1-20(2)17-43-21(3)37-31-25(34)14-23(15-28(31)43)30-26(35)16-36-32(40-30)39-29-7-6-22-18-42(13-10-27(22)38-29)24-8-11-41(12-9-24)19-33(4,5)44/h6-7,14-16,20,24,44H,8-13,17-19H2,1-5H3,(H,36,38,39,40). The summed E-state index contributed by atoms with van der Waals surface area (Å²) in [6.45, 7) is 14.9. The van der Waals surface area contributed by atoms with Crippen molar-refractivity contribution < 1.29 is 13.9 Å². The van der Waals surface area contributed by atoms with Crippen molar-refractivity contribution in [1.29, 1.82) is 0 Å². The third kappa shape index (κ3) is 6.60. The van der Waals surface area contributed by atoms with Gasteiger partial charge in [0.15, 0.2) is 11.6 Å². The number of hydrogen-bond donors (Lipinski definition) is 2. The van der Waals surface area contributed by atoms with Gasteiger partial charge in [-0.15, -0.1) is 0 Å². The van der Waals surface area contributed by atoms with Gasteiger partial charge in [-0.25, -0.2) is 28.7 Å². The van der Waals surface area contributed by atoms with Gasteiger partial charge in [-0.05, 0) is 76.4 Å². The first-order chi connectivity index (χ1) is 20.9. The van der Waals surface area contributed by atoms with Gasteiger partial charge in [-0.1, -0.05) is 19.9 Å². The molecule has 0 amide bonds. The number of fused-ring (bicyclic) bond motifs is 2. The van der Waals surface area contributed by atoms with E-state index in [1.807, 2.05) is 31.4 Å². The number of nitrogens with one attached hydrogen (secondary N) is 1. The summed E-state index contributed by atoms with van der Waals surface area (Å²) < 4.78 is 32.1. The molecule has 9 nitrogen and oxygen atoms in total. The number of piperidine rings is 1. The highest BCUT2D eigenvalue weighted by Crippen LogP contribution is 2.30. The smallest absolute Gasteiger partial charge is 0.229 e. The quantitative estimate of drug-likeness (QED) is 0.274. The fraction of sp³-hybridized carbons (Fsp3) is 0.515. The molecule has 44 heavy (non-hydrogen) atoms. The Hall–Kier alpha value is -3.54. The lowest BCUT2D eigenvalue weighted by Crippen LogP contribution is -2.49. The van der Waals surface area contributed by atoms with E-state index in [-0.39, 0.29) is 17.2 Å². The van der Waals surface area contributed by atoms with Gasteiger partial charge >= 0.3 is 0 Å². The molecule has 0 saturated carbocycles. The molecular weight excluding hydrogens is 562 g/mol. The van der Waals surface area contributed by atoms with E-state index in [0.29, 0.717) is 47.8 Å². The van der Waals surface area contributed by atoms with Gasteiger partial charge in [-0.3, -0.25) is 4.90 Å². The minimum atomic E-state index is -0.669. The van der Waals surface area contributed by atoms with Gasteiger partial charge in [0.2, 0.25) is 5.95 Å². The van der Waals surface area contributed by atoms with E-state index < -0.39 is 17.2 Å². The summed E-state index contributed by atoms with van der Waals surface area (Å²) in [5.74, 6) is 0.675. The molecule has 0 atom stereocenters. The highest BCUT2D eigenvalue weighted by Gasteiger charge is 2.29. The van der Waals surface area contributed by atoms with Crippen LogP contribution in [0.1, 0.15) is 57.6 Å². The van der Waals surface area contributed by atoms with Crippen LogP contribution in [0.3, 0.4) is 0 Å². The fourth-order valence-corrected chi connectivity index (χ4v) is 6.58. The number of aliphatic hydroxyl groups is 1. The maximum absolute atomic E-state index is 15.1. The summed E-state index contributed by atoms with van der Waals surface area (Å²) in [6.07, 6.45) is 4.14. The van der Waals surface area contributed by atoms with Crippen molar-refractivity contribution in [2.24, 2.45) is 5.92 Å². The average Bonchev–Trinajstić information content (AvgIpc) is 3.28. The van der Waals surface area contributed by atoms with Gasteiger partial charge in [0.05, 0.1) is 17.3 Å². The molecule has 6 rings (SSSR count). The maximum atomic E-state index is 15.1. The summed E-state index contributed by atoms with van der Waals surface area (Å²) in [4.78, 5) is 22.7. The summed E-state index contributed by atoms with van der Waals surface area (Å²) in [7, 11) is 0. The number of β-amino-alcohol motifs (C(OH)–C–C–N with tert-alkyl or cyclic N) is 1. The molecular formula is C33H42F2N8O. The summed E-state index contributed by atoms with van der Waals surface area (Å²) >= 11 is 0. The van der Waals surface area contributed by atoms with Crippen molar-refractivity contribution in [2.75, 3.05) is 31.5 Å². The van der Waals surface area contributed by atoms with Crippen LogP contribution < -0.4 is 5.32 Å². The number of aryl methyl sites for hydroxylation is 1. The van der Waals surface area contributed by atoms with Gasteiger partial charge in [0.1, 0.15) is 22.9 Å². The number of aromatic nitrogens is 5. The van der Waals surface area contributed by atoms with E-state index in [1.54, 1.807) is 6.07 Å². The fourth-order valence-electron chi connectivity index (χ4n) is 6.58. The highest BCUT2D eigenvalue weighted by molar-refractivity contribution is 5.83. The molecule has 2 aliphatic rings. The molecule has 0 aliphatic carbocycles. The Morgan fingerprint density at radius 1 is 1.05 bits per heavy atom. The van der Waals surface area contributed by atoms with E-state index in [0.717, 1.165) is 57.3 Å². The molecule has 1 saturated heterocycles. The molecule has 1 aromatic carbocycles. The lowest BCUT2D eigenvalue weighted by atomic mass is 9.97. The number of halogens is 2. The predicted octanol–water partition coefficient (Wildman–Crippen LogP) is 5.47. The molecule has 0 radical (unpaired) electrons. The molecule has 1 fully saturated rings. The number of anilines is 2. The van der Waals surface area contributed by atoms with Crippen molar-refractivity contribution in [3.63, 3.8) is 0 Å². The summed E-state index contributed by atoms with van der Waals surface area (Å²) in [5.41, 5.74) is 2.80. The second-order valence-corrected chi connectivity index (χ2v) is 13.3.